The predicted octanol–water partition coefficient (Wildman–Crippen LogP) is 3.77. The highest BCUT2D eigenvalue weighted by atomic mass is 16.6. The van der Waals surface area contributed by atoms with Gasteiger partial charge in [-0.3, -0.25) is 9.78 Å². The second-order valence-electron chi connectivity index (χ2n) is 6.33. The number of esters is 1. The summed E-state index contributed by atoms with van der Waals surface area (Å²) in [4.78, 5) is 28.3. The zero-order valence-corrected chi connectivity index (χ0v) is 16.7. The third-order valence-electron chi connectivity index (χ3n) is 4.08. The molecule has 1 amide bonds. The number of ether oxygens (including phenoxy) is 2. The number of nitrogens with zero attached hydrogens (tertiary/aromatic N) is 2. The Balaban J connectivity index is 1.70. The Morgan fingerprint density at radius 3 is 2.43 bits per heavy atom. The van der Waals surface area contributed by atoms with Gasteiger partial charge in [0, 0.05) is 18.0 Å². The van der Waals surface area contributed by atoms with Gasteiger partial charge in [0.25, 0.3) is 5.91 Å². The van der Waals surface area contributed by atoms with Crippen molar-refractivity contribution in [1.82, 2.24) is 10.4 Å². The van der Waals surface area contributed by atoms with Crippen LogP contribution in [0.2, 0.25) is 0 Å². The number of benzene rings is 2. The molecule has 0 saturated heterocycles. The van der Waals surface area contributed by atoms with Crippen LogP contribution in [0.4, 0.5) is 0 Å². The Morgan fingerprint density at radius 1 is 1.00 bits per heavy atom. The van der Waals surface area contributed by atoms with Crippen molar-refractivity contribution in [2.75, 3.05) is 6.61 Å². The second-order valence-corrected chi connectivity index (χ2v) is 6.33. The van der Waals surface area contributed by atoms with Gasteiger partial charge < -0.3 is 9.47 Å². The molecule has 7 heteroatoms. The molecule has 2 aromatic carbocycles. The van der Waals surface area contributed by atoms with Gasteiger partial charge in [0.2, 0.25) is 0 Å². The van der Waals surface area contributed by atoms with E-state index in [1.54, 1.807) is 42.5 Å². The van der Waals surface area contributed by atoms with E-state index < -0.39 is 5.97 Å². The minimum Gasteiger partial charge on any atom is -0.490 e. The molecule has 30 heavy (non-hydrogen) atoms. The van der Waals surface area contributed by atoms with Crippen molar-refractivity contribution in [2.24, 2.45) is 5.10 Å². The van der Waals surface area contributed by atoms with Gasteiger partial charge in [-0.1, -0.05) is 17.7 Å². The highest BCUT2D eigenvalue weighted by Gasteiger charge is 2.13. The van der Waals surface area contributed by atoms with Crippen molar-refractivity contribution in [2.45, 2.75) is 13.8 Å². The quantitative estimate of drug-likeness (QED) is 0.281. The Morgan fingerprint density at radius 2 is 1.73 bits per heavy atom. The number of hydrazone groups is 1. The number of hydrogen-bond acceptors (Lipinski definition) is 6. The fourth-order valence-electron chi connectivity index (χ4n) is 2.54. The van der Waals surface area contributed by atoms with Crippen molar-refractivity contribution < 1.29 is 19.1 Å². The maximum atomic E-state index is 12.4. The largest absolute Gasteiger partial charge is 0.490 e. The van der Waals surface area contributed by atoms with Gasteiger partial charge in [-0.05, 0) is 61.9 Å². The van der Waals surface area contributed by atoms with Crippen LogP contribution in [-0.2, 0) is 0 Å². The van der Waals surface area contributed by atoms with Gasteiger partial charge in [-0.25, -0.2) is 10.2 Å². The predicted molar refractivity (Wildman–Crippen MR) is 113 cm³/mol. The molecule has 1 heterocycles. The molecule has 0 radical (unpaired) electrons. The minimum atomic E-state index is -0.470. The van der Waals surface area contributed by atoms with E-state index in [-0.39, 0.29) is 5.91 Å². The Labute approximate surface area is 174 Å². The molecule has 3 rings (SSSR count). The summed E-state index contributed by atoms with van der Waals surface area (Å²) in [5, 5.41) is 3.96. The number of aryl methyl sites for hydroxylation is 1. The van der Waals surface area contributed by atoms with Crippen LogP contribution in [0, 0.1) is 6.92 Å². The van der Waals surface area contributed by atoms with Crippen LogP contribution in [0.3, 0.4) is 0 Å². The molecule has 0 aliphatic heterocycles. The molecule has 0 fully saturated rings. The van der Waals surface area contributed by atoms with E-state index in [4.69, 9.17) is 9.47 Å². The zero-order chi connectivity index (χ0) is 21.3. The molecule has 1 N–H and O–H groups in total. The van der Waals surface area contributed by atoms with Crippen LogP contribution in [0.25, 0.3) is 0 Å². The van der Waals surface area contributed by atoms with Crippen LogP contribution in [0.5, 0.6) is 11.5 Å². The maximum Gasteiger partial charge on any atom is 0.343 e. The molecule has 0 aliphatic carbocycles. The summed E-state index contributed by atoms with van der Waals surface area (Å²) >= 11 is 0. The van der Waals surface area contributed by atoms with E-state index in [1.165, 1.54) is 18.6 Å². The van der Waals surface area contributed by atoms with Crippen molar-refractivity contribution in [3.63, 3.8) is 0 Å². The Hall–Kier alpha value is -4.00. The molecule has 0 bridgehead atoms. The summed E-state index contributed by atoms with van der Waals surface area (Å²) in [6.45, 7) is 4.18. The smallest absolute Gasteiger partial charge is 0.343 e. The van der Waals surface area contributed by atoms with E-state index in [0.717, 1.165) is 5.56 Å². The highest BCUT2D eigenvalue weighted by Crippen LogP contribution is 2.29. The van der Waals surface area contributed by atoms with Gasteiger partial charge >= 0.3 is 5.97 Å². The van der Waals surface area contributed by atoms with Crippen LogP contribution < -0.4 is 14.9 Å². The van der Waals surface area contributed by atoms with E-state index >= 15 is 0 Å². The number of pyridine rings is 1. The van der Waals surface area contributed by atoms with Gasteiger partial charge in [-0.15, -0.1) is 0 Å². The third kappa shape index (κ3) is 5.51. The first-order chi connectivity index (χ1) is 14.6. The standard InChI is InChI=1S/C23H21N3O4/c1-3-29-21-14-17(15-25-26-22(27)18-10-12-24-13-11-18)6-9-20(21)30-23(28)19-7-4-16(2)5-8-19/h4-15H,3H2,1-2H3,(H,26,27)/b25-15-. The molecule has 7 nitrogen and oxygen atoms in total. The summed E-state index contributed by atoms with van der Waals surface area (Å²) in [5.41, 5.74) is 5.08. The number of aromatic nitrogens is 1. The fraction of sp³-hybridized carbons (Fsp3) is 0.130. The van der Waals surface area contributed by atoms with Crippen LogP contribution in [0.1, 0.15) is 38.8 Å². The van der Waals surface area contributed by atoms with E-state index in [9.17, 15) is 9.59 Å². The fourth-order valence-corrected chi connectivity index (χ4v) is 2.54. The van der Waals surface area contributed by atoms with Gasteiger partial charge in [0.1, 0.15) is 0 Å². The molecular weight excluding hydrogens is 382 g/mol. The molecule has 0 spiro atoms. The number of carbonyl (C=O) groups is 2. The molecule has 1 aromatic heterocycles. The van der Waals surface area contributed by atoms with E-state index in [0.29, 0.717) is 34.8 Å². The van der Waals surface area contributed by atoms with Crippen molar-refractivity contribution >= 4 is 18.1 Å². The van der Waals surface area contributed by atoms with E-state index in [2.05, 4.69) is 15.5 Å². The normalized spacial score (nSPS) is 10.6. The SMILES string of the molecule is CCOc1cc(/C=N\NC(=O)c2ccncc2)ccc1OC(=O)c1ccc(C)cc1. The summed E-state index contributed by atoms with van der Waals surface area (Å²) in [6.07, 6.45) is 4.54. The highest BCUT2D eigenvalue weighted by molar-refractivity contribution is 5.95. The van der Waals surface area contributed by atoms with Crippen LogP contribution in [-0.4, -0.2) is 29.7 Å². The Kier molecular flexibility index (Phi) is 6.89. The minimum absolute atomic E-state index is 0.306. The van der Waals surface area contributed by atoms with Crippen molar-refractivity contribution in [1.29, 1.82) is 0 Å². The number of hydrogen-bond donors (Lipinski definition) is 1. The lowest BCUT2D eigenvalue weighted by Gasteiger charge is -2.11. The van der Waals surface area contributed by atoms with Crippen molar-refractivity contribution in [3.05, 3.63) is 89.2 Å². The average Bonchev–Trinajstić information content (AvgIpc) is 2.76. The molecule has 0 saturated carbocycles. The first kappa shape index (κ1) is 20.7. The molecule has 152 valence electrons. The number of carbonyl (C=O) groups excluding carboxylic acids is 2. The number of nitrogens with one attached hydrogen (secondary N) is 1. The first-order valence-corrected chi connectivity index (χ1v) is 9.36. The lowest BCUT2D eigenvalue weighted by molar-refractivity contribution is 0.0728. The zero-order valence-electron chi connectivity index (χ0n) is 16.7. The number of amides is 1. The number of rotatable bonds is 7. The topological polar surface area (TPSA) is 89.9 Å². The molecule has 3 aromatic rings. The molecule has 0 unspecified atom stereocenters. The second kappa shape index (κ2) is 9.97. The van der Waals surface area contributed by atoms with E-state index in [1.807, 2.05) is 26.0 Å². The van der Waals surface area contributed by atoms with Gasteiger partial charge in [0.15, 0.2) is 11.5 Å². The Bertz CT molecular complexity index is 1050. The molecule has 0 aliphatic rings. The summed E-state index contributed by atoms with van der Waals surface area (Å²) in [7, 11) is 0. The summed E-state index contributed by atoms with van der Waals surface area (Å²) < 4.78 is 11.1. The van der Waals surface area contributed by atoms with Gasteiger partial charge in [0.05, 0.1) is 18.4 Å². The lowest BCUT2D eigenvalue weighted by atomic mass is 10.1. The average molecular weight is 403 g/mol. The first-order valence-electron chi connectivity index (χ1n) is 9.36. The van der Waals surface area contributed by atoms with Crippen molar-refractivity contribution in [3.8, 4) is 11.5 Å². The summed E-state index contributed by atoms with van der Waals surface area (Å²) in [6, 6.07) is 15.3. The molecular formula is C23H21N3O4. The third-order valence-corrected chi connectivity index (χ3v) is 4.08. The van der Waals surface area contributed by atoms with Crippen LogP contribution in [0.15, 0.2) is 72.1 Å². The van der Waals surface area contributed by atoms with Crippen LogP contribution >= 0.6 is 0 Å². The lowest BCUT2D eigenvalue weighted by Crippen LogP contribution is -2.17. The molecule has 0 atom stereocenters. The maximum absolute atomic E-state index is 12.4. The van der Waals surface area contributed by atoms with Gasteiger partial charge in [-0.2, -0.15) is 5.10 Å². The summed E-state index contributed by atoms with van der Waals surface area (Å²) in [5.74, 6) is -0.105. The monoisotopic (exact) mass is 403 g/mol.